The van der Waals surface area contributed by atoms with E-state index in [2.05, 4.69) is 12.1 Å². The molecule has 4 rings (SSSR count). The highest BCUT2D eigenvalue weighted by molar-refractivity contribution is 5.81. The maximum absolute atomic E-state index is 13.1. The van der Waals surface area contributed by atoms with Crippen LogP contribution in [0.1, 0.15) is 42.9 Å². The molecule has 0 spiro atoms. The Kier molecular flexibility index (Phi) is 6.63. The van der Waals surface area contributed by atoms with Crippen LogP contribution in [0.25, 0.3) is 0 Å². The molecule has 0 bridgehead atoms. The molecule has 1 aliphatic carbocycles. The number of rotatable bonds is 5. The predicted octanol–water partition coefficient (Wildman–Crippen LogP) is 5.09. The Hall–Kier alpha value is -2.70. The van der Waals surface area contributed by atoms with Crippen LogP contribution in [-0.4, -0.2) is 43.1 Å². The van der Waals surface area contributed by atoms with Crippen LogP contribution < -0.4 is 9.64 Å². The lowest BCUT2D eigenvalue weighted by Crippen LogP contribution is -2.52. The fourth-order valence-electron chi connectivity index (χ4n) is 4.52. The molecule has 0 unspecified atom stereocenters. The third-order valence-electron chi connectivity index (χ3n) is 6.37. The number of carbonyl (C=O) groups is 1. The highest BCUT2D eigenvalue weighted by atomic mass is 19.4. The molecule has 1 atom stereocenters. The van der Waals surface area contributed by atoms with Crippen LogP contribution in [0, 0.1) is 0 Å². The van der Waals surface area contributed by atoms with Crippen molar-refractivity contribution in [1.29, 1.82) is 0 Å². The van der Waals surface area contributed by atoms with E-state index in [0.717, 1.165) is 24.7 Å². The Morgan fingerprint density at radius 1 is 1.00 bits per heavy atom. The van der Waals surface area contributed by atoms with Crippen molar-refractivity contribution in [3.8, 4) is 5.75 Å². The second-order valence-electron chi connectivity index (χ2n) is 8.51. The van der Waals surface area contributed by atoms with Crippen molar-refractivity contribution in [3.05, 3.63) is 59.2 Å². The lowest BCUT2D eigenvalue weighted by atomic mass is 9.92. The molecule has 32 heavy (non-hydrogen) atoms. The maximum atomic E-state index is 13.1. The van der Waals surface area contributed by atoms with E-state index in [1.54, 1.807) is 11.0 Å². The minimum absolute atomic E-state index is 0.0612. The molecule has 0 saturated carbocycles. The first-order valence-electron chi connectivity index (χ1n) is 11.3. The average Bonchev–Trinajstić information content (AvgIpc) is 2.81. The summed E-state index contributed by atoms with van der Waals surface area (Å²) in [4.78, 5) is 16.7. The Morgan fingerprint density at radius 2 is 1.72 bits per heavy atom. The predicted molar refractivity (Wildman–Crippen MR) is 118 cm³/mol. The minimum atomic E-state index is -4.36. The summed E-state index contributed by atoms with van der Waals surface area (Å²) in [6, 6.07) is 11.5. The molecule has 4 nitrogen and oxygen atoms in total. The van der Waals surface area contributed by atoms with Gasteiger partial charge in [-0.3, -0.25) is 4.79 Å². The van der Waals surface area contributed by atoms with Crippen molar-refractivity contribution in [2.75, 3.05) is 31.1 Å². The fourth-order valence-corrected chi connectivity index (χ4v) is 4.52. The fraction of sp³-hybridized carbons (Fsp3) is 0.480. The smallest absolute Gasteiger partial charge is 0.416 e. The zero-order chi connectivity index (χ0) is 22.7. The van der Waals surface area contributed by atoms with Gasteiger partial charge in [0.1, 0.15) is 5.75 Å². The van der Waals surface area contributed by atoms with Gasteiger partial charge in [-0.25, -0.2) is 0 Å². The van der Waals surface area contributed by atoms with Gasteiger partial charge in [0.2, 0.25) is 0 Å². The Bertz CT molecular complexity index is 952. The summed E-state index contributed by atoms with van der Waals surface area (Å²) in [5.74, 6) is 0.669. The molecule has 0 radical (unpaired) electrons. The van der Waals surface area contributed by atoms with Gasteiger partial charge in [-0.15, -0.1) is 0 Å². The number of benzene rings is 2. The van der Waals surface area contributed by atoms with E-state index in [1.165, 1.54) is 36.1 Å². The second kappa shape index (κ2) is 9.43. The van der Waals surface area contributed by atoms with Crippen molar-refractivity contribution >= 4 is 11.6 Å². The van der Waals surface area contributed by atoms with E-state index in [0.29, 0.717) is 38.3 Å². The zero-order valence-electron chi connectivity index (χ0n) is 18.3. The number of piperazine rings is 1. The van der Waals surface area contributed by atoms with Crippen molar-refractivity contribution in [2.45, 2.75) is 51.3 Å². The molecule has 1 amide bonds. The average molecular weight is 447 g/mol. The molecular formula is C25H29F3N2O2. The highest BCUT2D eigenvalue weighted by Crippen LogP contribution is 2.32. The van der Waals surface area contributed by atoms with Crippen molar-refractivity contribution in [2.24, 2.45) is 0 Å². The SMILES string of the molecule is CC[C@@H](Oc1ccc2c(c1)CCCC2)C(=O)N1CCN(c2cccc(C(F)(F)F)c2)CC1. The van der Waals surface area contributed by atoms with Crippen LogP contribution in [-0.2, 0) is 23.8 Å². The van der Waals surface area contributed by atoms with E-state index < -0.39 is 17.8 Å². The highest BCUT2D eigenvalue weighted by Gasteiger charge is 2.32. The summed E-state index contributed by atoms with van der Waals surface area (Å²) in [6.45, 7) is 3.82. The normalized spacial score (nSPS) is 17.6. The first-order chi connectivity index (χ1) is 15.3. The lowest BCUT2D eigenvalue weighted by Gasteiger charge is -2.37. The second-order valence-corrected chi connectivity index (χ2v) is 8.51. The van der Waals surface area contributed by atoms with Gasteiger partial charge < -0.3 is 14.5 Å². The van der Waals surface area contributed by atoms with Gasteiger partial charge in [0.05, 0.1) is 5.56 Å². The maximum Gasteiger partial charge on any atom is 0.416 e. The van der Waals surface area contributed by atoms with Gasteiger partial charge in [-0.2, -0.15) is 13.2 Å². The number of nitrogens with zero attached hydrogens (tertiary/aromatic N) is 2. The topological polar surface area (TPSA) is 32.8 Å². The number of amides is 1. The quantitative estimate of drug-likeness (QED) is 0.641. The first-order valence-corrected chi connectivity index (χ1v) is 11.3. The van der Waals surface area contributed by atoms with Gasteiger partial charge in [0, 0.05) is 31.9 Å². The van der Waals surface area contributed by atoms with E-state index >= 15 is 0 Å². The Morgan fingerprint density at radius 3 is 2.41 bits per heavy atom. The lowest BCUT2D eigenvalue weighted by molar-refractivity contribution is -0.139. The monoisotopic (exact) mass is 446 g/mol. The van der Waals surface area contributed by atoms with Crippen molar-refractivity contribution in [3.63, 3.8) is 0 Å². The summed E-state index contributed by atoms with van der Waals surface area (Å²) in [5.41, 5.74) is 2.56. The molecule has 1 saturated heterocycles. The summed E-state index contributed by atoms with van der Waals surface area (Å²) >= 11 is 0. The summed E-state index contributed by atoms with van der Waals surface area (Å²) in [5, 5.41) is 0. The van der Waals surface area contributed by atoms with Gasteiger partial charge >= 0.3 is 6.18 Å². The van der Waals surface area contributed by atoms with E-state index in [9.17, 15) is 18.0 Å². The summed E-state index contributed by atoms with van der Waals surface area (Å²) in [6.07, 6.45) is 0.187. The third kappa shape index (κ3) is 5.03. The number of carbonyl (C=O) groups excluding carboxylic acids is 1. The largest absolute Gasteiger partial charge is 0.481 e. The molecule has 7 heteroatoms. The number of hydrogen-bond donors (Lipinski definition) is 0. The van der Waals surface area contributed by atoms with Crippen molar-refractivity contribution in [1.82, 2.24) is 4.90 Å². The molecule has 0 aromatic heterocycles. The molecule has 2 aliphatic rings. The molecule has 2 aromatic carbocycles. The molecular weight excluding hydrogens is 417 g/mol. The first kappa shape index (κ1) is 22.5. The number of hydrogen-bond acceptors (Lipinski definition) is 3. The number of fused-ring (bicyclic) bond motifs is 1. The van der Waals surface area contributed by atoms with Crippen LogP contribution in [0.4, 0.5) is 18.9 Å². The minimum Gasteiger partial charge on any atom is -0.481 e. The standard InChI is InChI=1S/C25H29F3N2O2/c1-2-23(32-22-11-10-18-6-3-4-7-19(18)16-22)24(31)30-14-12-29(13-15-30)21-9-5-8-20(17-21)25(26,27)28/h5,8-11,16-17,23H,2-4,6-7,12-15H2,1H3/t23-/m1/s1. The summed E-state index contributed by atoms with van der Waals surface area (Å²) < 4.78 is 45.1. The molecule has 0 N–H and O–H groups in total. The van der Waals surface area contributed by atoms with Crippen LogP contribution >= 0.6 is 0 Å². The van der Waals surface area contributed by atoms with E-state index in [1.807, 2.05) is 17.9 Å². The number of aryl methyl sites for hydroxylation is 2. The zero-order valence-corrected chi connectivity index (χ0v) is 18.3. The van der Waals surface area contributed by atoms with Crippen LogP contribution in [0.15, 0.2) is 42.5 Å². The Labute approximate surface area is 187 Å². The number of halogens is 3. The van der Waals surface area contributed by atoms with Crippen molar-refractivity contribution < 1.29 is 22.7 Å². The van der Waals surface area contributed by atoms with Gasteiger partial charge in [0.25, 0.3) is 5.91 Å². The molecule has 2 aromatic rings. The van der Waals surface area contributed by atoms with Crippen LogP contribution in [0.5, 0.6) is 5.75 Å². The molecule has 1 heterocycles. The number of ether oxygens (including phenoxy) is 1. The van der Waals surface area contributed by atoms with Gasteiger partial charge in [-0.05, 0) is 73.6 Å². The van der Waals surface area contributed by atoms with Crippen LogP contribution in [0.3, 0.4) is 0 Å². The summed E-state index contributed by atoms with van der Waals surface area (Å²) in [7, 11) is 0. The molecule has 172 valence electrons. The van der Waals surface area contributed by atoms with E-state index in [-0.39, 0.29) is 5.91 Å². The Balaban J connectivity index is 1.37. The van der Waals surface area contributed by atoms with Gasteiger partial charge in [0.15, 0.2) is 6.10 Å². The van der Waals surface area contributed by atoms with Crippen LogP contribution in [0.2, 0.25) is 0 Å². The van der Waals surface area contributed by atoms with Gasteiger partial charge in [-0.1, -0.05) is 19.1 Å². The third-order valence-corrected chi connectivity index (χ3v) is 6.37. The molecule has 1 fully saturated rings. The van der Waals surface area contributed by atoms with E-state index in [4.69, 9.17) is 4.74 Å². The molecule has 1 aliphatic heterocycles. The number of anilines is 1. The number of alkyl halides is 3.